The molecule has 0 atom stereocenters. The highest BCUT2D eigenvalue weighted by Gasteiger charge is 2.23. The second-order valence-corrected chi connectivity index (χ2v) is 10.5. The molecule has 2 saturated heterocycles. The summed E-state index contributed by atoms with van der Waals surface area (Å²) in [7, 11) is 3.97. The number of aromatic nitrogens is 2. The summed E-state index contributed by atoms with van der Waals surface area (Å²) < 4.78 is 5.33. The molecule has 0 radical (unpaired) electrons. The van der Waals surface area contributed by atoms with Crippen LogP contribution < -0.4 is 10.2 Å². The standard InChI is InChI=1S/C28H43N7O/c1-32-16-18-35(19-17-32)24-8-6-23(7-9-24)27-30-26-10-15-34(20-21-36-2)22-25(26)28(31-27)29-11-5-14-33-12-3-4-13-33/h6-9H,3-5,10-22H2,1-2H3,(H,29,30,31). The maximum absolute atomic E-state index is 5.33. The highest BCUT2D eigenvalue weighted by Crippen LogP contribution is 2.28. The second-order valence-electron chi connectivity index (χ2n) is 10.5. The summed E-state index contributed by atoms with van der Waals surface area (Å²) in [5, 5.41) is 3.70. The Bertz CT molecular complexity index is 969. The van der Waals surface area contributed by atoms with Gasteiger partial charge in [-0.05, 0) is 70.2 Å². The zero-order chi connectivity index (χ0) is 24.7. The van der Waals surface area contributed by atoms with Crippen molar-refractivity contribution in [1.29, 1.82) is 0 Å². The lowest BCUT2D eigenvalue weighted by molar-refractivity contribution is 0.140. The number of hydrogen-bond donors (Lipinski definition) is 1. The van der Waals surface area contributed by atoms with Crippen molar-refractivity contribution in [2.45, 2.75) is 32.2 Å². The Balaban J connectivity index is 1.31. The molecule has 0 bridgehead atoms. The van der Waals surface area contributed by atoms with Gasteiger partial charge in [-0.2, -0.15) is 0 Å². The number of hydrogen-bond acceptors (Lipinski definition) is 8. The molecule has 8 heteroatoms. The molecule has 8 nitrogen and oxygen atoms in total. The Morgan fingerprint density at radius 1 is 0.889 bits per heavy atom. The molecular weight excluding hydrogens is 450 g/mol. The molecule has 1 aromatic heterocycles. The van der Waals surface area contributed by atoms with Crippen LogP contribution in [0.15, 0.2) is 24.3 Å². The van der Waals surface area contributed by atoms with Gasteiger partial charge in [-0.25, -0.2) is 9.97 Å². The van der Waals surface area contributed by atoms with Gasteiger partial charge in [-0.3, -0.25) is 4.90 Å². The number of benzene rings is 1. The van der Waals surface area contributed by atoms with Crippen molar-refractivity contribution in [3.05, 3.63) is 35.5 Å². The topological polar surface area (TPSA) is 60.0 Å². The molecule has 0 spiro atoms. The van der Waals surface area contributed by atoms with Crippen LogP contribution in [-0.4, -0.2) is 111 Å². The molecular formula is C28H43N7O. The third-order valence-electron chi connectivity index (χ3n) is 7.89. The molecule has 1 N–H and O–H groups in total. The number of likely N-dealkylation sites (tertiary alicyclic amines) is 1. The van der Waals surface area contributed by atoms with E-state index in [-0.39, 0.29) is 0 Å². The first kappa shape index (κ1) is 25.4. The molecule has 3 aliphatic rings. The van der Waals surface area contributed by atoms with E-state index in [2.05, 4.69) is 56.2 Å². The summed E-state index contributed by atoms with van der Waals surface area (Å²) in [6.07, 6.45) is 4.79. The van der Waals surface area contributed by atoms with Crippen LogP contribution in [-0.2, 0) is 17.7 Å². The summed E-state index contributed by atoms with van der Waals surface area (Å²) in [6, 6.07) is 8.86. The molecule has 0 unspecified atom stereocenters. The smallest absolute Gasteiger partial charge is 0.161 e. The Morgan fingerprint density at radius 2 is 1.67 bits per heavy atom. The fourth-order valence-corrected chi connectivity index (χ4v) is 5.56. The normalized spacial score (nSPS) is 19.6. The van der Waals surface area contributed by atoms with Gasteiger partial charge in [0.2, 0.25) is 0 Å². The van der Waals surface area contributed by atoms with E-state index in [1.807, 2.05) is 0 Å². The van der Waals surface area contributed by atoms with Gasteiger partial charge in [-0.1, -0.05) is 0 Å². The predicted molar refractivity (Wildman–Crippen MR) is 147 cm³/mol. The Morgan fingerprint density at radius 3 is 2.42 bits per heavy atom. The molecule has 5 rings (SSSR count). The van der Waals surface area contributed by atoms with Crippen LogP contribution in [0.1, 0.15) is 30.5 Å². The third kappa shape index (κ3) is 6.35. The van der Waals surface area contributed by atoms with Crippen molar-refractivity contribution in [2.24, 2.45) is 0 Å². The number of fused-ring (bicyclic) bond motifs is 1. The molecule has 0 amide bonds. The van der Waals surface area contributed by atoms with Gasteiger partial charge >= 0.3 is 0 Å². The monoisotopic (exact) mass is 493 g/mol. The lowest BCUT2D eigenvalue weighted by Gasteiger charge is -2.34. The number of rotatable bonds is 10. The van der Waals surface area contributed by atoms with Crippen molar-refractivity contribution in [3.63, 3.8) is 0 Å². The van der Waals surface area contributed by atoms with Gasteiger partial charge in [0.1, 0.15) is 5.82 Å². The Labute approximate surface area is 216 Å². The van der Waals surface area contributed by atoms with E-state index in [0.717, 1.165) is 89.0 Å². The van der Waals surface area contributed by atoms with E-state index in [1.165, 1.54) is 49.4 Å². The molecule has 4 heterocycles. The molecule has 36 heavy (non-hydrogen) atoms. The average Bonchev–Trinajstić information content (AvgIpc) is 3.44. The summed E-state index contributed by atoms with van der Waals surface area (Å²) in [4.78, 5) is 20.0. The predicted octanol–water partition coefficient (Wildman–Crippen LogP) is 2.80. The molecule has 3 aliphatic heterocycles. The van der Waals surface area contributed by atoms with E-state index in [1.54, 1.807) is 7.11 Å². The maximum Gasteiger partial charge on any atom is 0.161 e. The van der Waals surface area contributed by atoms with E-state index in [4.69, 9.17) is 14.7 Å². The van der Waals surface area contributed by atoms with Crippen molar-refractivity contribution < 1.29 is 4.74 Å². The SMILES string of the molecule is COCCN1CCc2nc(-c3ccc(N4CCN(C)CC4)cc3)nc(NCCCN3CCCC3)c2C1. The lowest BCUT2D eigenvalue weighted by Crippen LogP contribution is -2.44. The summed E-state index contributed by atoms with van der Waals surface area (Å²) in [5.41, 5.74) is 4.84. The van der Waals surface area contributed by atoms with Crippen LogP contribution in [0.4, 0.5) is 11.5 Å². The summed E-state index contributed by atoms with van der Waals surface area (Å²) >= 11 is 0. The molecule has 1 aromatic carbocycles. The van der Waals surface area contributed by atoms with Crippen LogP contribution >= 0.6 is 0 Å². The number of nitrogens with one attached hydrogen (secondary N) is 1. The molecule has 0 saturated carbocycles. The van der Waals surface area contributed by atoms with Gasteiger partial charge in [0.05, 0.1) is 12.3 Å². The number of piperazine rings is 1. The Hall–Kier alpha value is -2.26. The van der Waals surface area contributed by atoms with Gasteiger partial charge in [-0.15, -0.1) is 0 Å². The van der Waals surface area contributed by atoms with Gasteiger partial charge in [0.25, 0.3) is 0 Å². The van der Waals surface area contributed by atoms with Crippen molar-refractivity contribution in [1.82, 2.24) is 24.7 Å². The minimum Gasteiger partial charge on any atom is -0.383 e. The fourth-order valence-electron chi connectivity index (χ4n) is 5.56. The van der Waals surface area contributed by atoms with Crippen LogP contribution in [0.3, 0.4) is 0 Å². The highest BCUT2D eigenvalue weighted by atomic mass is 16.5. The van der Waals surface area contributed by atoms with Crippen molar-refractivity contribution in [3.8, 4) is 11.4 Å². The van der Waals surface area contributed by atoms with E-state index < -0.39 is 0 Å². The van der Waals surface area contributed by atoms with E-state index in [9.17, 15) is 0 Å². The van der Waals surface area contributed by atoms with Crippen molar-refractivity contribution >= 4 is 11.5 Å². The minimum atomic E-state index is 0.756. The lowest BCUT2D eigenvalue weighted by atomic mass is 10.0. The summed E-state index contributed by atoms with van der Waals surface area (Å²) in [5.74, 6) is 1.85. The average molecular weight is 494 g/mol. The molecule has 0 aliphatic carbocycles. The first-order valence-corrected chi connectivity index (χ1v) is 13.8. The summed E-state index contributed by atoms with van der Waals surface area (Å²) in [6.45, 7) is 12.6. The fraction of sp³-hybridized carbons (Fsp3) is 0.643. The second kappa shape index (κ2) is 12.3. The van der Waals surface area contributed by atoms with Crippen LogP contribution in [0.5, 0.6) is 0 Å². The van der Waals surface area contributed by atoms with Crippen molar-refractivity contribution in [2.75, 3.05) is 96.4 Å². The Kier molecular flexibility index (Phi) is 8.69. The zero-order valence-electron chi connectivity index (χ0n) is 22.2. The number of likely N-dealkylation sites (N-methyl/N-ethyl adjacent to an activating group) is 1. The molecule has 2 fully saturated rings. The van der Waals surface area contributed by atoms with Gasteiger partial charge in [0, 0.05) is 82.7 Å². The number of methoxy groups -OCH3 is 1. The number of ether oxygens (including phenoxy) is 1. The quantitative estimate of drug-likeness (QED) is 0.507. The largest absolute Gasteiger partial charge is 0.383 e. The first-order valence-electron chi connectivity index (χ1n) is 13.8. The minimum absolute atomic E-state index is 0.756. The molecule has 196 valence electrons. The zero-order valence-corrected chi connectivity index (χ0v) is 22.2. The van der Waals surface area contributed by atoms with Gasteiger partial charge in [0.15, 0.2) is 5.82 Å². The first-order chi connectivity index (χ1) is 17.7. The third-order valence-corrected chi connectivity index (χ3v) is 7.89. The maximum atomic E-state index is 5.33. The highest BCUT2D eigenvalue weighted by molar-refractivity contribution is 5.63. The van der Waals surface area contributed by atoms with Gasteiger partial charge < -0.3 is 24.8 Å². The number of nitrogens with zero attached hydrogens (tertiary/aromatic N) is 6. The van der Waals surface area contributed by atoms with Crippen LogP contribution in [0.25, 0.3) is 11.4 Å². The van der Waals surface area contributed by atoms with Crippen LogP contribution in [0.2, 0.25) is 0 Å². The number of anilines is 2. The molecule has 2 aromatic rings. The van der Waals surface area contributed by atoms with E-state index in [0.29, 0.717) is 0 Å². The van der Waals surface area contributed by atoms with Crippen LogP contribution in [0, 0.1) is 0 Å². The van der Waals surface area contributed by atoms with E-state index >= 15 is 0 Å².